The minimum Gasteiger partial charge on any atom is -0.481 e. The summed E-state index contributed by atoms with van der Waals surface area (Å²) in [6.07, 6.45) is 2.48. The van der Waals surface area contributed by atoms with Gasteiger partial charge in [0.15, 0.2) is 0 Å². The molecule has 1 saturated heterocycles. The highest BCUT2D eigenvalue weighted by atomic mass is 16.5. The number of likely N-dealkylation sites (tertiary alicyclic amines) is 1. The van der Waals surface area contributed by atoms with Crippen LogP contribution in [-0.4, -0.2) is 48.8 Å². The maximum Gasteiger partial charge on any atom is 0.307 e. The second kappa shape index (κ2) is 5.32. The number of hydrogen-bond acceptors (Lipinski definition) is 3. The number of rotatable bonds is 4. The Labute approximate surface area is 84.8 Å². The molecule has 0 amide bonds. The summed E-state index contributed by atoms with van der Waals surface area (Å²) in [5.41, 5.74) is 0. The summed E-state index contributed by atoms with van der Waals surface area (Å²) in [6.45, 7) is 4.25. The van der Waals surface area contributed by atoms with Gasteiger partial charge in [0.1, 0.15) is 0 Å². The van der Waals surface area contributed by atoms with Crippen LogP contribution in [0.2, 0.25) is 0 Å². The van der Waals surface area contributed by atoms with Crippen molar-refractivity contribution in [2.45, 2.75) is 25.9 Å². The van der Waals surface area contributed by atoms with Crippen molar-refractivity contribution in [3.05, 3.63) is 0 Å². The van der Waals surface area contributed by atoms with Crippen molar-refractivity contribution in [1.29, 1.82) is 0 Å². The van der Waals surface area contributed by atoms with Gasteiger partial charge in [-0.3, -0.25) is 9.69 Å². The number of carbonyl (C=O) groups is 1. The maximum atomic E-state index is 10.7. The van der Waals surface area contributed by atoms with Gasteiger partial charge in [0.25, 0.3) is 0 Å². The van der Waals surface area contributed by atoms with Crippen molar-refractivity contribution >= 4 is 5.97 Å². The van der Waals surface area contributed by atoms with Crippen LogP contribution in [0, 0.1) is 5.92 Å². The van der Waals surface area contributed by atoms with Crippen molar-refractivity contribution < 1.29 is 14.6 Å². The SMILES string of the molecule is COC1CCCN(CC(C)C(=O)O)C1. The van der Waals surface area contributed by atoms with Crippen LogP contribution in [-0.2, 0) is 9.53 Å². The molecule has 0 aromatic heterocycles. The molecule has 0 spiro atoms. The molecule has 1 heterocycles. The smallest absolute Gasteiger partial charge is 0.307 e. The fourth-order valence-electron chi connectivity index (χ4n) is 1.84. The number of methoxy groups -OCH3 is 1. The summed E-state index contributed by atoms with van der Waals surface area (Å²) in [5, 5.41) is 8.78. The van der Waals surface area contributed by atoms with Crippen LogP contribution in [0.1, 0.15) is 19.8 Å². The fraction of sp³-hybridized carbons (Fsp3) is 0.900. The van der Waals surface area contributed by atoms with E-state index < -0.39 is 5.97 Å². The standard InChI is InChI=1S/C10H19NO3/c1-8(10(12)13)6-11-5-3-4-9(7-11)14-2/h8-9H,3-7H2,1-2H3,(H,12,13). The number of hydrogen-bond donors (Lipinski definition) is 1. The third-order valence-electron chi connectivity index (χ3n) is 2.75. The zero-order valence-electron chi connectivity index (χ0n) is 8.90. The predicted molar refractivity (Wildman–Crippen MR) is 53.3 cm³/mol. The molecule has 0 saturated carbocycles. The molecule has 0 radical (unpaired) electrons. The Kier molecular flexibility index (Phi) is 4.35. The fourth-order valence-corrected chi connectivity index (χ4v) is 1.84. The number of carboxylic acids is 1. The maximum absolute atomic E-state index is 10.7. The van der Waals surface area contributed by atoms with E-state index in [-0.39, 0.29) is 12.0 Å². The van der Waals surface area contributed by atoms with Gasteiger partial charge in [-0.15, -0.1) is 0 Å². The van der Waals surface area contributed by atoms with Gasteiger partial charge in [0.05, 0.1) is 12.0 Å². The summed E-state index contributed by atoms with van der Waals surface area (Å²) in [5.74, 6) is -1.00. The van der Waals surface area contributed by atoms with E-state index >= 15 is 0 Å². The second-order valence-corrected chi connectivity index (χ2v) is 4.00. The number of nitrogens with zero attached hydrogens (tertiary/aromatic N) is 1. The first-order valence-electron chi connectivity index (χ1n) is 5.11. The molecule has 1 aliphatic heterocycles. The molecule has 0 bridgehead atoms. The largest absolute Gasteiger partial charge is 0.481 e. The first kappa shape index (κ1) is 11.5. The molecule has 4 nitrogen and oxygen atoms in total. The molecule has 82 valence electrons. The van der Waals surface area contributed by atoms with E-state index in [2.05, 4.69) is 4.90 Å². The van der Waals surface area contributed by atoms with E-state index in [9.17, 15) is 4.79 Å². The normalized spacial score (nSPS) is 26.0. The molecule has 1 aliphatic rings. The summed E-state index contributed by atoms with van der Waals surface area (Å²) in [6, 6.07) is 0. The van der Waals surface area contributed by atoms with E-state index in [0.717, 1.165) is 25.9 Å². The quantitative estimate of drug-likeness (QED) is 0.731. The van der Waals surface area contributed by atoms with Gasteiger partial charge in [-0.1, -0.05) is 6.92 Å². The Morgan fingerprint density at radius 3 is 3.00 bits per heavy atom. The monoisotopic (exact) mass is 201 g/mol. The topological polar surface area (TPSA) is 49.8 Å². The number of aliphatic carboxylic acids is 1. The summed E-state index contributed by atoms with van der Waals surface area (Å²) < 4.78 is 5.27. The number of piperidine rings is 1. The van der Waals surface area contributed by atoms with E-state index in [4.69, 9.17) is 9.84 Å². The molecule has 0 aromatic rings. The molecule has 4 heteroatoms. The third kappa shape index (κ3) is 3.27. The molecule has 1 fully saturated rings. The average molecular weight is 201 g/mol. The molecule has 1 rings (SSSR count). The molecular weight excluding hydrogens is 182 g/mol. The Bertz CT molecular complexity index is 196. The highest BCUT2D eigenvalue weighted by molar-refractivity contribution is 5.69. The number of carboxylic acid groups (broad SMARTS) is 1. The molecule has 0 aliphatic carbocycles. The van der Waals surface area contributed by atoms with Gasteiger partial charge in [-0.05, 0) is 19.4 Å². The van der Waals surface area contributed by atoms with Gasteiger partial charge < -0.3 is 9.84 Å². The Morgan fingerprint density at radius 2 is 2.43 bits per heavy atom. The highest BCUT2D eigenvalue weighted by Gasteiger charge is 2.22. The first-order chi connectivity index (χ1) is 6.63. The lowest BCUT2D eigenvalue weighted by Crippen LogP contribution is -2.42. The predicted octanol–water partition coefficient (Wildman–Crippen LogP) is 0.818. The summed E-state index contributed by atoms with van der Waals surface area (Å²) in [7, 11) is 1.72. The zero-order valence-corrected chi connectivity index (χ0v) is 8.90. The van der Waals surface area contributed by atoms with Crippen LogP contribution in [0.3, 0.4) is 0 Å². The van der Waals surface area contributed by atoms with Crippen molar-refractivity contribution in [3.63, 3.8) is 0 Å². The lowest BCUT2D eigenvalue weighted by atomic mass is 10.1. The molecule has 2 unspecified atom stereocenters. The lowest BCUT2D eigenvalue weighted by Gasteiger charge is -2.32. The minimum atomic E-state index is -0.718. The van der Waals surface area contributed by atoms with E-state index in [1.54, 1.807) is 14.0 Å². The highest BCUT2D eigenvalue weighted by Crippen LogP contribution is 2.13. The second-order valence-electron chi connectivity index (χ2n) is 4.00. The van der Waals surface area contributed by atoms with Crippen LogP contribution in [0.4, 0.5) is 0 Å². The van der Waals surface area contributed by atoms with Gasteiger partial charge in [-0.2, -0.15) is 0 Å². The van der Waals surface area contributed by atoms with E-state index in [1.807, 2.05) is 0 Å². The van der Waals surface area contributed by atoms with Crippen LogP contribution >= 0.6 is 0 Å². The Hall–Kier alpha value is -0.610. The van der Waals surface area contributed by atoms with Gasteiger partial charge in [-0.25, -0.2) is 0 Å². The van der Waals surface area contributed by atoms with Crippen molar-refractivity contribution in [1.82, 2.24) is 4.90 Å². The van der Waals surface area contributed by atoms with Gasteiger partial charge >= 0.3 is 5.97 Å². The summed E-state index contributed by atoms with van der Waals surface area (Å²) in [4.78, 5) is 12.8. The first-order valence-corrected chi connectivity index (χ1v) is 5.11. The lowest BCUT2D eigenvalue weighted by molar-refractivity contribution is -0.142. The van der Waals surface area contributed by atoms with Crippen LogP contribution in [0.15, 0.2) is 0 Å². The van der Waals surface area contributed by atoms with E-state index in [0.29, 0.717) is 6.54 Å². The van der Waals surface area contributed by atoms with Crippen molar-refractivity contribution in [2.75, 3.05) is 26.7 Å². The molecule has 0 aromatic carbocycles. The number of ether oxygens (including phenoxy) is 1. The Morgan fingerprint density at radius 1 is 1.71 bits per heavy atom. The molecule has 1 N–H and O–H groups in total. The van der Waals surface area contributed by atoms with Crippen LogP contribution < -0.4 is 0 Å². The van der Waals surface area contributed by atoms with Crippen molar-refractivity contribution in [3.8, 4) is 0 Å². The summed E-state index contributed by atoms with van der Waals surface area (Å²) >= 11 is 0. The average Bonchev–Trinajstić information content (AvgIpc) is 2.18. The third-order valence-corrected chi connectivity index (χ3v) is 2.75. The molecule has 14 heavy (non-hydrogen) atoms. The minimum absolute atomic E-state index is 0.282. The van der Waals surface area contributed by atoms with E-state index in [1.165, 1.54) is 0 Å². The van der Waals surface area contributed by atoms with Crippen LogP contribution in [0.5, 0.6) is 0 Å². The Balaban J connectivity index is 2.33. The molecule has 2 atom stereocenters. The zero-order chi connectivity index (χ0) is 10.6. The van der Waals surface area contributed by atoms with Crippen LogP contribution in [0.25, 0.3) is 0 Å². The molecular formula is C10H19NO3. The van der Waals surface area contributed by atoms with Gasteiger partial charge in [0, 0.05) is 20.2 Å². The van der Waals surface area contributed by atoms with Gasteiger partial charge in [0.2, 0.25) is 0 Å². The van der Waals surface area contributed by atoms with Crippen molar-refractivity contribution in [2.24, 2.45) is 5.92 Å².